The first-order valence-electron chi connectivity index (χ1n) is 6.59. The lowest BCUT2D eigenvalue weighted by Crippen LogP contribution is -2.44. The molecule has 0 saturated carbocycles. The second-order valence-corrected chi connectivity index (χ2v) is 6.53. The molecule has 0 aromatic heterocycles. The molecule has 4 heteroatoms. The SMILES string of the molecule is CSC(=O)OC1/C=C/CCC(NC(C)(C)C)CC1. The molecule has 0 fully saturated rings. The fraction of sp³-hybridized carbons (Fsp3) is 0.786. The summed E-state index contributed by atoms with van der Waals surface area (Å²) in [6, 6.07) is 0.505. The Morgan fingerprint density at radius 1 is 1.33 bits per heavy atom. The topological polar surface area (TPSA) is 38.3 Å². The number of carbonyl (C=O) groups is 1. The number of rotatable bonds is 2. The van der Waals surface area contributed by atoms with Crippen molar-refractivity contribution in [2.24, 2.45) is 0 Å². The summed E-state index contributed by atoms with van der Waals surface area (Å²) < 4.78 is 5.36. The van der Waals surface area contributed by atoms with Crippen LogP contribution in [-0.2, 0) is 4.74 Å². The molecule has 1 aliphatic rings. The highest BCUT2D eigenvalue weighted by Crippen LogP contribution is 2.18. The molecule has 0 spiro atoms. The number of thioether (sulfide) groups is 1. The first-order chi connectivity index (χ1) is 8.40. The Labute approximate surface area is 115 Å². The van der Waals surface area contributed by atoms with Gasteiger partial charge in [-0.2, -0.15) is 0 Å². The lowest BCUT2D eigenvalue weighted by Gasteiger charge is -2.30. The third kappa shape index (κ3) is 6.45. The summed E-state index contributed by atoms with van der Waals surface area (Å²) >= 11 is 1.13. The summed E-state index contributed by atoms with van der Waals surface area (Å²) in [5, 5.41) is 3.44. The van der Waals surface area contributed by atoms with E-state index in [-0.39, 0.29) is 16.9 Å². The van der Waals surface area contributed by atoms with Gasteiger partial charge in [0.15, 0.2) is 0 Å². The summed E-state index contributed by atoms with van der Waals surface area (Å²) in [7, 11) is 0. The van der Waals surface area contributed by atoms with E-state index in [1.165, 1.54) is 0 Å². The van der Waals surface area contributed by atoms with E-state index in [1.807, 2.05) is 6.08 Å². The summed E-state index contributed by atoms with van der Waals surface area (Å²) in [6.07, 6.45) is 9.99. The van der Waals surface area contributed by atoms with Crippen LogP contribution in [0.1, 0.15) is 46.5 Å². The monoisotopic (exact) mass is 271 g/mol. The highest BCUT2D eigenvalue weighted by atomic mass is 32.2. The second-order valence-electron chi connectivity index (χ2n) is 5.78. The molecule has 0 saturated heterocycles. The van der Waals surface area contributed by atoms with Crippen LogP contribution < -0.4 is 5.32 Å². The summed E-state index contributed by atoms with van der Waals surface area (Å²) in [4.78, 5) is 11.3. The Morgan fingerprint density at radius 3 is 2.67 bits per heavy atom. The largest absolute Gasteiger partial charge is 0.450 e. The van der Waals surface area contributed by atoms with E-state index < -0.39 is 0 Å². The molecule has 0 aliphatic heterocycles. The average Bonchev–Trinajstić information content (AvgIpc) is 2.25. The zero-order valence-corrected chi connectivity index (χ0v) is 12.7. The van der Waals surface area contributed by atoms with E-state index >= 15 is 0 Å². The molecule has 0 aromatic rings. The molecule has 18 heavy (non-hydrogen) atoms. The maximum Gasteiger partial charge on any atom is 0.367 e. The number of ether oxygens (including phenoxy) is 1. The molecule has 1 N–H and O–H groups in total. The maximum absolute atomic E-state index is 11.3. The number of nitrogens with one attached hydrogen (secondary N) is 1. The van der Waals surface area contributed by atoms with E-state index in [0.29, 0.717) is 6.04 Å². The molecule has 3 nitrogen and oxygen atoms in total. The molecule has 1 rings (SSSR count). The lowest BCUT2D eigenvalue weighted by atomic mass is 9.96. The third-order valence-corrected chi connectivity index (χ3v) is 3.31. The summed E-state index contributed by atoms with van der Waals surface area (Å²) in [6.45, 7) is 6.56. The summed E-state index contributed by atoms with van der Waals surface area (Å²) in [5.41, 5.74) is 0.138. The van der Waals surface area contributed by atoms with Crippen LogP contribution >= 0.6 is 11.8 Å². The molecule has 0 radical (unpaired) electrons. The van der Waals surface area contributed by atoms with Crippen molar-refractivity contribution in [2.75, 3.05) is 6.26 Å². The molecular weight excluding hydrogens is 246 g/mol. The third-order valence-electron chi connectivity index (χ3n) is 2.88. The molecule has 1 aliphatic carbocycles. The first-order valence-corrected chi connectivity index (χ1v) is 7.82. The lowest BCUT2D eigenvalue weighted by molar-refractivity contribution is 0.136. The van der Waals surface area contributed by atoms with Crippen LogP contribution in [0.4, 0.5) is 4.79 Å². The highest BCUT2D eigenvalue weighted by Gasteiger charge is 2.20. The van der Waals surface area contributed by atoms with Crippen molar-refractivity contribution in [1.82, 2.24) is 5.32 Å². The van der Waals surface area contributed by atoms with Gasteiger partial charge in [-0.05, 0) is 70.5 Å². The van der Waals surface area contributed by atoms with Crippen molar-refractivity contribution >= 4 is 17.1 Å². The molecule has 0 heterocycles. The van der Waals surface area contributed by atoms with Crippen molar-refractivity contribution in [2.45, 2.75) is 64.1 Å². The van der Waals surface area contributed by atoms with Gasteiger partial charge in [0.25, 0.3) is 0 Å². The Bertz CT molecular complexity index is 297. The number of carbonyl (C=O) groups excluding carboxylic acids is 1. The van der Waals surface area contributed by atoms with Crippen molar-refractivity contribution in [3.63, 3.8) is 0 Å². The minimum absolute atomic E-state index is 0.0606. The molecule has 2 atom stereocenters. The molecular formula is C14H25NO2S. The highest BCUT2D eigenvalue weighted by molar-refractivity contribution is 8.12. The number of allylic oxidation sites excluding steroid dienone is 1. The van der Waals surface area contributed by atoms with Crippen LogP contribution in [0, 0.1) is 0 Å². The summed E-state index contributed by atoms with van der Waals surface area (Å²) in [5.74, 6) is 0. The van der Waals surface area contributed by atoms with Gasteiger partial charge in [0.1, 0.15) is 6.10 Å². The van der Waals surface area contributed by atoms with E-state index in [9.17, 15) is 4.79 Å². The molecule has 2 unspecified atom stereocenters. The van der Waals surface area contributed by atoms with Gasteiger partial charge >= 0.3 is 5.30 Å². The molecule has 0 amide bonds. The van der Waals surface area contributed by atoms with Gasteiger partial charge in [0.2, 0.25) is 0 Å². The molecule has 104 valence electrons. The zero-order chi connectivity index (χ0) is 13.6. The van der Waals surface area contributed by atoms with E-state index in [4.69, 9.17) is 4.74 Å². The Kier molecular flexibility index (Phi) is 6.22. The molecule has 0 aromatic carbocycles. The minimum atomic E-state index is -0.189. The fourth-order valence-electron chi connectivity index (χ4n) is 2.18. The van der Waals surface area contributed by atoms with Crippen molar-refractivity contribution in [1.29, 1.82) is 0 Å². The van der Waals surface area contributed by atoms with Gasteiger partial charge < -0.3 is 10.1 Å². The van der Waals surface area contributed by atoms with E-state index in [2.05, 4.69) is 32.2 Å². The van der Waals surface area contributed by atoms with Crippen LogP contribution in [-0.4, -0.2) is 29.2 Å². The number of hydrogen-bond acceptors (Lipinski definition) is 4. The fourth-order valence-corrected chi connectivity index (χ4v) is 2.40. The standard InChI is InChI=1S/C14H25NO2S/c1-14(2,3)15-11-7-5-6-8-12(10-9-11)17-13(16)18-4/h6,8,11-12,15H,5,7,9-10H2,1-4H3/b8-6+. The smallest absolute Gasteiger partial charge is 0.367 e. The van der Waals surface area contributed by atoms with Gasteiger partial charge in [0.05, 0.1) is 0 Å². The average molecular weight is 271 g/mol. The van der Waals surface area contributed by atoms with Gasteiger partial charge in [-0.3, -0.25) is 0 Å². The van der Waals surface area contributed by atoms with E-state index in [1.54, 1.807) is 6.26 Å². The Morgan fingerprint density at radius 2 is 2.06 bits per heavy atom. The predicted octanol–water partition coefficient (Wildman–Crippen LogP) is 3.74. The zero-order valence-electron chi connectivity index (χ0n) is 11.9. The Hall–Kier alpha value is -0.480. The van der Waals surface area contributed by atoms with Crippen molar-refractivity contribution < 1.29 is 9.53 Å². The van der Waals surface area contributed by atoms with Crippen molar-refractivity contribution in [3.8, 4) is 0 Å². The quantitative estimate of drug-likeness (QED) is 0.613. The van der Waals surface area contributed by atoms with Crippen LogP contribution in [0.25, 0.3) is 0 Å². The van der Waals surface area contributed by atoms with Gasteiger partial charge in [-0.15, -0.1) is 0 Å². The Balaban J connectivity index is 2.48. The van der Waals surface area contributed by atoms with Crippen LogP contribution in [0.5, 0.6) is 0 Å². The van der Waals surface area contributed by atoms with Gasteiger partial charge in [-0.25, -0.2) is 4.79 Å². The normalized spacial score (nSPS) is 27.1. The first kappa shape index (κ1) is 15.6. The minimum Gasteiger partial charge on any atom is -0.450 e. The second kappa shape index (κ2) is 7.19. The van der Waals surface area contributed by atoms with Crippen LogP contribution in [0.3, 0.4) is 0 Å². The van der Waals surface area contributed by atoms with Gasteiger partial charge in [-0.1, -0.05) is 6.08 Å². The molecule has 0 bridgehead atoms. The number of hydrogen-bond donors (Lipinski definition) is 1. The van der Waals surface area contributed by atoms with Crippen LogP contribution in [0.15, 0.2) is 12.2 Å². The van der Waals surface area contributed by atoms with Crippen LogP contribution in [0.2, 0.25) is 0 Å². The maximum atomic E-state index is 11.3. The predicted molar refractivity (Wildman–Crippen MR) is 78.1 cm³/mol. The van der Waals surface area contributed by atoms with Gasteiger partial charge in [0, 0.05) is 11.6 Å². The van der Waals surface area contributed by atoms with Crippen molar-refractivity contribution in [3.05, 3.63) is 12.2 Å². The van der Waals surface area contributed by atoms with E-state index in [0.717, 1.165) is 37.4 Å².